The highest BCUT2D eigenvalue weighted by Gasteiger charge is 2.19. The SMILES string of the molecule is CC(OC(=O)Cc1ccc(Br)cc1)C(=O)Nc1cccc2ncccc12. The molecule has 1 aromatic heterocycles. The summed E-state index contributed by atoms with van der Waals surface area (Å²) in [5.41, 5.74) is 2.24. The fraction of sp³-hybridized carbons (Fsp3) is 0.150. The van der Waals surface area contributed by atoms with Crippen molar-refractivity contribution in [1.29, 1.82) is 0 Å². The lowest BCUT2D eigenvalue weighted by molar-refractivity contribution is -0.152. The molecule has 1 atom stereocenters. The number of anilines is 1. The van der Waals surface area contributed by atoms with E-state index in [9.17, 15) is 9.59 Å². The number of nitrogens with zero attached hydrogens (tertiary/aromatic N) is 1. The molecule has 3 aromatic rings. The maximum atomic E-state index is 12.4. The number of fused-ring (bicyclic) bond motifs is 1. The first kappa shape index (κ1) is 18.1. The van der Waals surface area contributed by atoms with Crippen molar-refractivity contribution in [3.05, 3.63) is 70.8 Å². The summed E-state index contributed by atoms with van der Waals surface area (Å²) in [5, 5.41) is 3.63. The van der Waals surface area contributed by atoms with E-state index in [0.29, 0.717) is 5.69 Å². The highest BCUT2D eigenvalue weighted by molar-refractivity contribution is 9.10. The van der Waals surface area contributed by atoms with E-state index < -0.39 is 12.1 Å². The summed E-state index contributed by atoms with van der Waals surface area (Å²) in [7, 11) is 0. The van der Waals surface area contributed by atoms with Gasteiger partial charge in [0.2, 0.25) is 0 Å². The van der Waals surface area contributed by atoms with E-state index >= 15 is 0 Å². The van der Waals surface area contributed by atoms with E-state index in [0.717, 1.165) is 20.9 Å². The summed E-state index contributed by atoms with van der Waals surface area (Å²) in [6, 6.07) is 16.5. The Kier molecular flexibility index (Phi) is 5.63. The second-order valence-electron chi connectivity index (χ2n) is 5.80. The average molecular weight is 413 g/mol. The second-order valence-corrected chi connectivity index (χ2v) is 6.72. The Morgan fingerprint density at radius 2 is 1.88 bits per heavy atom. The zero-order valence-electron chi connectivity index (χ0n) is 14.1. The minimum atomic E-state index is -0.898. The van der Waals surface area contributed by atoms with Gasteiger partial charge in [0.1, 0.15) is 0 Å². The molecule has 0 aliphatic rings. The number of ether oxygens (including phenoxy) is 1. The van der Waals surface area contributed by atoms with E-state index in [1.165, 1.54) is 0 Å². The van der Waals surface area contributed by atoms with Gasteiger partial charge < -0.3 is 10.1 Å². The normalized spacial score (nSPS) is 11.8. The fourth-order valence-corrected chi connectivity index (χ4v) is 2.77. The largest absolute Gasteiger partial charge is 0.452 e. The van der Waals surface area contributed by atoms with Crippen LogP contribution in [0.2, 0.25) is 0 Å². The van der Waals surface area contributed by atoms with Crippen molar-refractivity contribution in [3.8, 4) is 0 Å². The molecule has 1 heterocycles. The fourth-order valence-electron chi connectivity index (χ4n) is 2.51. The lowest BCUT2D eigenvalue weighted by Crippen LogP contribution is -2.30. The Morgan fingerprint density at radius 3 is 2.65 bits per heavy atom. The summed E-state index contributed by atoms with van der Waals surface area (Å²) in [5.74, 6) is -0.833. The molecule has 0 aliphatic carbocycles. The van der Waals surface area contributed by atoms with Gasteiger partial charge in [-0.1, -0.05) is 34.1 Å². The first-order chi connectivity index (χ1) is 12.5. The molecule has 0 radical (unpaired) electrons. The van der Waals surface area contributed by atoms with Crippen LogP contribution in [0.4, 0.5) is 5.69 Å². The molecule has 5 nitrogen and oxygen atoms in total. The van der Waals surface area contributed by atoms with Crippen molar-refractivity contribution < 1.29 is 14.3 Å². The average Bonchev–Trinajstić information content (AvgIpc) is 2.64. The number of carbonyl (C=O) groups excluding carboxylic acids is 2. The first-order valence-electron chi connectivity index (χ1n) is 8.11. The number of aromatic nitrogens is 1. The molecule has 0 fully saturated rings. The molecule has 1 N–H and O–H groups in total. The summed E-state index contributed by atoms with van der Waals surface area (Å²) in [6.45, 7) is 1.55. The van der Waals surface area contributed by atoms with Crippen molar-refractivity contribution in [2.75, 3.05) is 5.32 Å². The van der Waals surface area contributed by atoms with E-state index in [4.69, 9.17) is 4.74 Å². The van der Waals surface area contributed by atoms with Gasteiger partial charge in [0.15, 0.2) is 6.10 Å². The van der Waals surface area contributed by atoms with Gasteiger partial charge >= 0.3 is 5.97 Å². The van der Waals surface area contributed by atoms with Gasteiger partial charge in [-0.05, 0) is 48.9 Å². The molecule has 1 unspecified atom stereocenters. The van der Waals surface area contributed by atoms with Crippen molar-refractivity contribution in [3.63, 3.8) is 0 Å². The monoisotopic (exact) mass is 412 g/mol. The maximum Gasteiger partial charge on any atom is 0.311 e. The Morgan fingerprint density at radius 1 is 1.12 bits per heavy atom. The smallest absolute Gasteiger partial charge is 0.311 e. The Labute approximate surface area is 159 Å². The lowest BCUT2D eigenvalue weighted by atomic mass is 10.1. The standard InChI is InChI=1S/C20H17BrN2O3/c1-13(26-19(24)12-14-7-9-15(21)10-8-14)20(25)23-18-6-2-5-17-16(18)4-3-11-22-17/h2-11,13H,12H2,1H3,(H,23,25). The predicted molar refractivity (Wildman–Crippen MR) is 104 cm³/mol. The molecule has 2 aromatic carbocycles. The minimum Gasteiger partial charge on any atom is -0.452 e. The molecule has 0 bridgehead atoms. The van der Waals surface area contributed by atoms with Crippen LogP contribution in [0, 0.1) is 0 Å². The molecule has 132 valence electrons. The summed E-state index contributed by atoms with van der Waals surface area (Å²) >= 11 is 3.35. The third-order valence-corrected chi connectivity index (χ3v) is 4.37. The van der Waals surface area contributed by atoms with Crippen LogP contribution in [0.25, 0.3) is 10.9 Å². The van der Waals surface area contributed by atoms with Crippen molar-refractivity contribution in [2.24, 2.45) is 0 Å². The molecule has 0 aliphatic heterocycles. The summed E-state index contributed by atoms with van der Waals surface area (Å²) in [4.78, 5) is 28.7. The van der Waals surface area contributed by atoms with Crippen LogP contribution in [0.5, 0.6) is 0 Å². The highest BCUT2D eigenvalue weighted by Crippen LogP contribution is 2.21. The van der Waals surface area contributed by atoms with E-state index in [-0.39, 0.29) is 12.3 Å². The highest BCUT2D eigenvalue weighted by atomic mass is 79.9. The molecule has 0 saturated heterocycles. The molecule has 1 amide bonds. The molecule has 26 heavy (non-hydrogen) atoms. The Hall–Kier alpha value is -2.73. The van der Waals surface area contributed by atoms with Crippen LogP contribution in [-0.2, 0) is 20.7 Å². The number of carbonyl (C=O) groups is 2. The van der Waals surface area contributed by atoms with E-state index in [1.807, 2.05) is 42.5 Å². The maximum absolute atomic E-state index is 12.4. The van der Waals surface area contributed by atoms with E-state index in [2.05, 4.69) is 26.2 Å². The van der Waals surface area contributed by atoms with Gasteiger partial charge in [-0.25, -0.2) is 0 Å². The van der Waals surface area contributed by atoms with Crippen molar-refractivity contribution in [2.45, 2.75) is 19.4 Å². The number of esters is 1. The molecular weight excluding hydrogens is 396 g/mol. The van der Waals surface area contributed by atoms with E-state index in [1.54, 1.807) is 25.3 Å². The number of pyridine rings is 1. The molecule has 6 heteroatoms. The van der Waals surface area contributed by atoms with Gasteiger partial charge in [-0.2, -0.15) is 0 Å². The number of benzene rings is 2. The molecular formula is C20H17BrN2O3. The van der Waals surface area contributed by atoms with Gasteiger partial charge in [0.25, 0.3) is 5.91 Å². The second kappa shape index (κ2) is 8.10. The third kappa shape index (κ3) is 4.46. The van der Waals surface area contributed by atoms with Crippen molar-refractivity contribution >= 4 is 44.4 Å². The lowest BCUT2D eigenvalue weighted by Gasteiger charge is -2.14. The van der Waals surface area contributed by atoms with Crippen LogP contribution in [0.15, 0.2) is 65.3 Å². The van der Waals surface area contributed by atoms with Gasteiger partial charge in [0.05, 0.1) is 17.6 Å². The molecule has 0 spiro atoms. The first-order valence-corrected chi connectivity index (χ1v) is 8.91. The summed E-state index contributed by atoms with van der Waals surface area (Å²) < 4.78 is 6.19. The van der Waals surface area contributed by atoms with Crippen LogP contribution < -0.4 is 5.32 Å². The number of hydrogen-bond donors (Lipinski definition) is 1. The van der Waals surface area contributed by atoms with Crippen LogP contribution in [0.3, 0.4) is 0 Å². The molecule has 3 rings (SSSR count). The quantitative estimate of drug-likeness (QED) is 0.640. The van der Waals surface area contributed by atoms with Gasteiger partial charge in [-0.3, -0.25) is 14.6 Å². The van der Waals surface area contributed by atoms with Crippen molar-refractivity contribution in [1.82, 2.24) is 4.98 Å². The number of nitrogens with one attached hydrogen (secondary N) is 1. The Balaban J connectivity index is 1.62. The molecule has 0 saturated carbocycles. The number of amides is 1. The zero-order valence-corrected chi connectivity index (χ0v) is 15.7. The third-order valence-electron chi connectivity index (χ3n) is 3.84. The van der Waals surface area contributed by atoms with Crippen LogP contribution in [0.1, 0.15) is 12.5 Å². The van der Waals surface area contributed by atoms with Gasteiger partial charge in [-0.15, -0.1) is 0 Å². The number of halogens is 1. The predicted octanol–water partition coefficient (Wildman–Crippen LogP) is 4.11. The number of hydrogen-bond acceptors (Lipinski definition) is 4. The number of rotatable bonds is 5. The Bertz CT molecular complexity index is 936. The minimum absolute atomic E-state index is 0.114. The summed E-state index contributed by atoms with van der Waals surface area (Å²) in [6.07, 6.45) is 0.911. The topological polar surface area (TPSA) is 68.3 Å². The van der Waals surface area contributed by atoms with Gasteiger partial charge in [0, 0.05) is 16.1 Å². The zero-order chi connectivity index (χ0) is 18.5. The van der Waals surface area contributed by atoms with Crippen LogP contribution >= 0.6 is 15.9 Å². The van der Waals surface area contributed by atoms with Crippen LogP contribution in [-0.4, -0.2) is 23.0 Å².